The van der Waals surface area contributed by atoms with Crippen LogP contribution in [-0.2, 0) is 30.4 Å². The van der Waals surface area contributed by atoms with Gasteiger partial charge in [0.2, 0.25) is 0 Å². The van der Waals surface area contributed by atoms with E-state index < -0.39 is 46.9 Å². The van der Waals surface area contributed by atoms with Gasteiger partial charge in [-0.05, 0) is 0 Å². The molecule has 0 aliphatic heterocycles. The molecule has 0 heterocycles. The van der Waals surface area contributed by atoms with Gasteiger partial charge >= 0.3 is 65.7 Å². The normalized spacial score (nSPS) is 12.9. The second-order valence-electron chi connectivity index (χ2n) is 2.76. The Morgan fingerprint density at radius 1 is 0.462 bits per heavy atom. The van der Waals surface area contributed by atoms with E-state index in [1.54, 1.807) is 0 Å². The van der Waals surface area contributed by atoms with Gasteiger partial charge in [-0.3, -0.25) is 13.7 Å². The third-order valence-corrected chi connectivity index (χ3v) is 2.63. The first-order chi connectivity index (χ1) is 9.75. The van der Waals surface area contributed by atoms with Crippen molar-refractivity contribution in [2.45, 2.75) is 16.5 Å². The molecule has 0 aromatic carbocycles. The standard InChI is InChI=1S/3CHF3O3S.CH3.Li/c3*2-1(3,4)8(5,6)7;;/h3*(H,5,6,7);1H3;/q;;;-1;+1. The van der Waals surface area contributed by atoms with E-state index in [0.29, 0.717) is 0 Å². The molecule has 0 radical (unpaired) electrons. The predicted molar refractivity (Wildman–Crippen MR) is 59.2 cm³/mol. The monoisotopic (exact) mass is 472 g/mol. The molecule has 0 aliphatic rings. The van der Waals surface area contributed by atoms with E-state index in [-0.39, 0.29) is 26.3 Å². The van der Waals surface area contributed by atoms with Crippen molar-refractivity contribution in [2.75, 3.05) is 0 Å². The van der Waals surface area contributed by atoms with E-state index in [4.69, 9.17) is 38.9 Å². The van der Waals surface area contributed by atoms with Crippen molar-refractivity contribution < 1.29 is 97.3 Å². The fourth-order valence-corrected chi connectivity index (χ4v) is 0. The van der Waals surface area contributed by atoms with E-state index in [9.17, 15) is 39.5 Å². The van der Waals surface area contributed by atoms with Gasteiger partial charge < -0.3 is 7.43 Å². The van der Waals surface area contributed by atoms with Gasteiger partial charge in [0.05, 0.1) is 0 Å². The van der Waals surface area contributed by atoms with Crippen LogP contribution < -0.4 is 18.9 Å². The van der Waals surface area contributed by atoms with Crippen LogP contribution in [0.1, 0.15) is 0 Å². The molecule has 158 valence electrons. The van der Waals surface area contributed by atoms with Crippen LogP contribution in [0.4, 0.5) is 39.5 Å². The first-order valence-corrected chi connectivity index (χ1v) is 8.18. The molecule has 0 rings (SSSR count). The Balaban J connectivity index is -0.0000000817. The summed E-state index contributed by atoms with van der Waals surface area (Å²) < 4.78 is 173. The number of rotatable bonds is 0. The average molecular weight is 472 g/mol. The topological polar surface area (TPSA) is 163 Å². The number of alkyl halides is 9. The number of hydrogen-bond acceptors (Lipinski definition) is 6. The van der Waals surface area contributed by atoms with Gasteiger partial charge in [0.1, 0.15) is 0 Å². The van der Waals surface area contributed by atoms with Gasteiger partial charge in [-0.15, -0.1) is 0 Å². The second-order valence-corrected chi connectivity index (χ2v) is 7.00. The summed E-state index contributed by atoms with van der Waals surface area (Å²) >= 11 is 0. The summed E-state index contributed by atoms with van der Waals surface area (Å²) in [5, 5.41) is 0. The Bertz CT molecular complexity index is 599. The molecule has 9 nitrogen and oxygen atoms in total. The molecule has 0 aromatic rings. The van der Waals surface area contributed by atoms with Gasteiger partial charge in [0, 0.05) is 0 Å². The van der Waals surface area contributed by atoms with Crippen LogP contribution in [-0.4, -0.2) is 55.4 Å². The van der Waals surface area contributed by atoms with Crippen molar-refractivity contribution in [2.24, 2.45) is 0 Å². The van der Waals surface area contributed by atoms with E-state index in [0.717, 1.165) is 0 Å². The molecule has 22 heteroatoms. The summed E-state index contributed by atoms with van der Waals surface area (Å²) in [5.41, 5.74) is -16.6. The molecule has 0 aromatic heterocycles. The van der Waals surface area contributed by atoms with Crippen molar-refractivity contribution in [3.63, 3.8) is 0 Å². The SMILES string of the molecule is O=S(=O)(O)C(F)(F)F.O=S(=O)(O)C(F)(F)F.O=S(=O)(O)C(F)(F)F.[CH3-].[Li+]. The number of halogens is 9. The van der Waals surface area contributed by atoms with Crippen molar-refractivity contribution >= 4 is 30.4 Å². The van der Waals surface area contributed by atoms with Crippen molar-refractivity contribution in [1.82, 2.24) is 0 Å². The Kier molecular flexibility index (Phi) is 15.3. The third-order valence-electron chi connectivity index (χ3n) is 0.877. The molecule has 3 N–H and O–H groups in total. The Morgan fingerprint density at radius 3 is 0.500 bits per heavy atom. The van der Waals surface area contributed by atoms with Gasteiger partial charge in [-0.2, -0.15) is 64.8 Å². The predicted octanol–water partition coefficient (Wildman–Crippen LogP) is -1.36. The molecular weight excluding hydrogens is 466 g/mol. The average Bonchev–Trinajstić information content (AvgIpc) is 2.08. The maximum Gasteiger partial charge on any atom is 1.00 e. The minimum absolute atomic E-state index is 0. The molecule has 0 atom stereocenters. The maximum atomic E-state index is 10.7. The Labute approximate surface area is 152 Å². The van der Waals surface area contributed by atoms with Crippen LogP contribution in [0.5, 0.6) is 0 Å². The van der Waals surface area contributed by atoms with Crippen LogP contribution in [0.3, 0.4) is 0 Å². The van der Waals surface area contributed by atoms with Gasteiger partial charge in [-0.25, -0.2) is 0 Å². The summed E-state index contributed by atoms with van der Waals surface area (Å²) in [6.07, 6.45) is 0. The summed E-state index contributed by atoms with van der Waals surface area (Å²) in [5.74, 6) is 0. The molecule has 0 unspecified atom stereocenters. The molecular formula is C4H6F9LiO9S3. The minimum Gasteiger partial charge on any atom is -0.358 e. The molecule has 0 saturated heterocycles. The zero-order valence-electron chi connectivity index (χ0n) is 11.9. The summed E-state index contributed by atoms with van der Waals surface area (Å²) in [7, 11) is -17.5. The maximum absolute atomic E-state index is 10.7. The molecule has 0 aliphatic carbocycles. The quantitative estimate of drug-likeness (QED) is 0.127. The van der Waals surface area contributed by atoms with Gasteiger partial charge in [-0.1, -0.05) is 0 Å². The molecule has 0 saturated carbocycles. The first-order valence-electron chi connectivity index (χ1n) is 3.86. The minimum atomic E-state index is -5.84. The van der Waals surface area contributed by atoms with E-state index in [1.165, 1.54) is 0 Å². The zero-order valence-corrected chi connectivity index (χ0v) is 14.4. The molecule has 0 fully saturated rings. The largest absolute Gasteiger partial charge is 1.00 e. The van der Waals surface area contributed by atoms with Crippen LogP contribution in [0.15, 0.2) is 0 Å². The molecule has 26 heavy (non-hydrogen) atoms. The fourth-order valence-electron chi connectivity index (χ4n) is 0. The van der Waals surface area contributed by atoms with Crippen molar-refractivity contribution in [1.29, 1.82) is 0 Å². The van der Waals surface area contributed by atoms with Crippen LogP contribution >= 0.6 is 0 Å². The van der Waals surface area contributed by atoms with Gasteiger partial charge in [0.25, 0.3) is 0 Å². The summed E-state index contributed by atoms with van der Waals surface area (Å²) in [6, 6.07) is 0. The van der Waals surface area contributed by atoms with Crippen molar-refractivity contribution in [3.05, 3.63) is 7.43 Å². The van der Waals surface area contributed by atoms with Crippen LogP contribution in [0.2, 0.25) is 0 Å². The molecule has 0 bridgehead atoms. The smallest absolute Gasteiger partial charge is 0.358 e. The van der Waals surface area contributed by atoms with E-state index in [2.05, 4.69) is 0 Å². The zero-order chi connectivity index (χ0) is 21.0. The first kappa shape index (κ1) is 36.6. The summed E-state index contributed by atoms with van der Waals surface area (Å²) in [4.78, 5) is 0. The second kappa shape index (κ2) is 10.9. The van der Waals surface area contributed by atoms with E-state index >= 15 is 0 Å². The summed E-state index contributed by atoms with van der Waals surface area (Å²) in [6.45, 7) is 0. The third kappa shape index (κ3) is 17.1. The Morgan fingerprint density at radius 2 is 0.500 bits per heavy atom. The Hall–Kier alpha value is -0.303. The van der Waals surface area contributed by atoms with Crippen LogP contribution in [0, 0.1) is 7.43 Å². The van der Waals surface area contributed by atoms with Crippen LogP contribution in [0.25, 0.3) is 0 Å². The van der Waals surface area contributed by atoms with E-state index in [1.807, 2.05) is 0 Å². The van der Waals surface area contributed by atoms with Crippen molar-refractivity contribution in [3.8, 4) is 0 Å². The fraction of sp³-hybridized carbons (Fsp3) is 0.750. The van der Waals surface area contributed by atoms with Gasteiger partial charge in [0.15, 0.2) is 0 Å². The number of hydrogen-bond donors (Lipinski definition) is 3. The molecule has 0 amide bonds. The molecule has 0 spiro atoms.